The first-order valence-electron chi connectivity index (χ1n) is 10.8. The van der Waals surface area contributed by atoms with E-state index < -0.39 is 18.5 Å². The van der Waals surface area contributed by atoms with E-state index in [9.17, 15) is 14.7 Å². The number of carboxylic acid groups (broad SMARTS) is 1. The van der Waals surface area contributed by atoms with E-state index in [2.05, 4.69) is 15.6 Å². The quantitative estimate of drug-likeness (QED) is 0.440. The van der Waals surface area contributed by atoms with Crippen LogP contribution in [0.3, 0.4) is 0 Å². The molecule has 0 bridgehead atoms. The first-order chi connectivity index (χ1) is 16.7. The number of aromatic hydroxyl groups is 1. The second-order valence-corrected chi connectivity index (χ2v) is 8.05. The summed E-state index contributed by atoms with van der Waals surface area (Å²) in [4.78, 5) is 24.1. The first-order valence-corrected chi connectivity index (χ1v) is 10.8. The third-order valence-corrected chi connectivity index (χ3v) is 5.56. The van der Waals surface area contributed by atoms with E-state index in [0.717, 1.165) is 11.1 Å². The minimum Gasteiger partial charge on any atom is -0.507 e. The van der Waals surface area contributed by atoms with Crippen molar-refractivity contribution in [1.29, 1.82) is 0 Å². The van der Waals surface area contributed by atoms with Gasteiger partial charge in [0.05, 0.1) is 17.1 Å². The number of hydrazone groups is 2. The fourth-order valence-electron chi connectivity index (χ4n) is 3.54. The number of carboxylic acids is 1. The Balaban J connectivity index is 1.65. The highest BCUT2D eigenvalue weighted by atomic mass is 16.5. The zero-order chi connectivity index (χ0) is 25.1. The maximum absolute atomic E-state index is 13.1. The Morgan fingerprint density at radius 3 is 2.54 bits per heavy atom. The smallest absolute Gasteiger partial charge is 0.341 e. The minimum atomic E-state index is -1.13. The van der Waals surface area contributed by atoms with Gasteiger partial charge in [-0.1, -0.05) is 30.3 Å². The van der Waals surface area contributed by atoms with Gasteiger partial charge < -0.3 is 14.9 Å². The molecule has 1 heterocycles. The molecule has 0 aliphatic carbocycles. The summed E-state index contributed by atoms with van der Waals surface area (Å²) in [5, 5.41) is 29.1. The number of rotatable bonds is 7. The molecule has 0 unspecified atom stereocenters. The molecule has 35 heavy (non-hydrogen) atoms. The molecule has 0 aromatic heterocycles. The van der Waals surface area contributed by atoms with Crippen molar-refractivity contribution in [2.45, 2.75) is 20.8 Å². The van der Waals surface area contributed by atoms with Gasteiger partial charge in [0.25, 0.3) is 0 Å². The van der Waals surface area contributed by atoms with Gasteiger partial charge in [-0.15, -0.1) is 0 Å². The Bertz CT molecular complexity index is 1380. The van der Waals surface area contributed by atoms with Crippen LogP contribution in [0.2, 0.25) is 0 Å². The van der Waals surface area contributed by atoms with Crippen LogP contribution in [0.5, 0.6) is 11.5 Å². The van der Waals surface area contributed by atoms with Crippen LogP contribution >= 0.6 is 0 Å². The second-order valence-electron chi connectivity index (χ2n) is 8.05. The van der Waals surface area contributed by atoms with E-state index in [1.54, 1.807) is 49.4 Å². The number of para-hydroxylation sites is 1. The van der Waals surface area contributed by atoms with Crippen molar-refractivity contribution in [2.24, 2.45) is 10.2 Å². The topological polar surface area (TPSA) is 124 Å². The molecule has 0 saturated carbocycles. The summed E-state index contributed by atoms with van der Waals surface area (Å²) in [5.74, 6) is -1.22. The molecule has 9 heteroatoms. The molecule has 0 radical (unpaired) electrons. The number of carbonyl (C=O) groups is 2. The minimum absolute atomic E-state index is 0.0851. The van der Waals surface area contributed by atoms with Crippen molar-refractivity contribution in [3.63, 3.8) is 0 Å². The Morgan fingerprint density at radius 1 is 1.06 bits per heavy atom. The van der Waals surface area contributed by atoms with Gasteiger partial charge in [-0.2, -0.15) is 15.2 Å². The lowest BCUT2D eigenvalue weighted by molar-refractivity contribution is -0.139. The molecule has 0 saturated heterocycles. The molecule has 9 nitrogen and oxygen atoms in total. The summed E-state index contributed by atoms with van der Waals surface area (Å²) < 4.78 is 5.38. The molecule has 178 valence electrons. The summed E-state index contributed by atoms with van der Waals surface area (Å²) in [6.07, 6.45) is 0. The van der Waals surface area contributed by atoms with Gasteiger partial charge in [0, 0.05) is 5.56 Å². The number of benzene rings is 3. The highest BCUT2D eigenvalue weighted by Gasteiger charge is 2.31. The van der Waals surface area contributed by atoms with Crippen molar-refractivity contribution >= 4 is 34.7 Å². The number of hydrogen-bond donors (Lipinski definition) is 3. The van der Waals surface area contributed by atoms with E-state index in [1.165, 1.54) is 5.01 Å². The molecule has 0 atom stereocenters. The number of amides is 1. The number of aliphatic carboxylic acids is 1. The van der Waals surface area contributed by atoms with Crippen LogP contribution in [-0.4, -0.2) is 40.1 Å². The monoisotopic (exact) mass is 472 g/mol. The number of nitrogens with one attached hydrogen (secondary N) is 1. The fourth-order valence-corrected chi connectivity index (χ4v) is 3.54. The lowest BCUT2D eigenvalue weighted by Gasteiger charge is -2.14. The van der Waals surface area contributed by atoms with Crippen LogP contribution in [0.4, 0.5) is 11.4 Å². The number of phenolic OH excluding ortho intramolecular Hbond substituents is 1. The van der Waals surface area contributed by atoms with Crippen molar-refractivity contribution in [3.8, 4) is 22.6 Å². The molecule has 0 fully saturated rings. The number of nitrogens with zero attached hydrogens (tertiary/aromatic N) is 3. The normalized spacial score (nSPS) is 14.3. The lowest BCUT2D eigenvalue weighted by atomic mass is 10.0. The number of carbonyl (C=O) groups excluding carboxylic acids is 1. The predicted octanol–water partition coefficient (Wildman–Crippen LogP) is 4.33. The van der Waals surface area contributed by atoms with Gasteiger partial charge in [0.2, 0.25) is 0 Å². The van der Waals surface area contributed by atoms with Crippen molar-refractivity contribution in [1.82, 2.24) is 0 Å². The summed E-state index contributed by atoms with van der Waals surface area (Å²) in [7, 11) is 0. The highest BCUT2D eigenvalue weighted by Crippen LogP contribution is 2.35. The largest absolute Gasteiger partial charge is 0.507 e. The van der Waals surface area contributed by atoms with E-state index >= 15 is 0 Å². The van der Waals surface area contributed by atoms with E-state index in [0.29, 0.717) is 28.2 Å². The average molecular weight is 473 g/mol. The Morgan fingerprint density at radius 2 is 1.83 bits per heavy atom. The van der Waals surface area contributed by atoms with E-state index in [-0.39, 0.29) is 17.2 Å². The number of hydrogen-bond acceptors (Lipinski definition) is 7. The molecule has 3 aromatic rings. The summed E-state index contributed by atoms with van der Waals surface area (Å²) in [6, 6.07) is 17.4. The van der Waals surface area contributed by atoms with Gasteiger partial charge in [0.1, 0.15) is 11.5 Å². The Labute approximate surface area is 202 Å². The number of anilines is 2. The van der Waals surface area contributed by atoms with Crippen LogP contribution < -0.4 is 15.2 Å². The van der Waals surface area contributed by atoms with Gasteiger partial charge in [-0.25, -0.2) is 4.79 Å². The third kappa shape index (κ3) is 4.98. The average Bonchev–Trinajstić information content (AvgIpc) is 3.11. The SMILES string of the molecule is CC1=NN(c2ccc(C)c(C)c2)C(=O)C1=NNc1cc(-c2ccccc2O)ccc1OCC(=O)O. The van der Waals surface area contributed by atoms with Gasteiger partial charge >= 0.3 is 11.9 Å². The molecular formula is C26H24N4O5. The molecule has 1 aliphatic heterocycles. The first kappa shape index (κ1) is 23.5. The second kappa shape index (κ2) is 9.68. The number of aryl methyl sites for hydroxylation is 2. The highest BCUT2D eigenvalue weighted by molar-refractivity contribution is 6.71. The van der Waals surface area contributed by atoms with E-state index in [4.69, 9.17) is 9.84 Å². The maximum Gasteiger partial charge on any atom is 0.341 e. The van der Waals surface area contributed by atoms with Crippen molar-refractivity contribution in [3.05, 3.63) is 71.8 Å². The van der Waals surface area contributed by atoms with Gasteiger partial charge in [0.15, 0.2) is 12.3 Å². The standard InChI is InChI=1S/C26H24N4O5/c1-15-8-10-19(12-16(15)2)30-26(34)25(17(3)29-30)28-27-21-13-18(20-6-4-5-7-22(20)31)9-11-23(21)35-14-24(32)33/h4-13,27,31H,14H2,1-3H3,(H,32,33). The Kier molecular flexibility index (Phi) is 6.50. The summed E-state index contributed by atoms with van der Waals surface area (Å²) in [6.45, 7) is 5.08. The fraction of sp³-hybridized carbons (Fsp3) is 0.154. The number of phenols is 1. The van der Waals surface area contributed by atoms with Crippen LogP contribution in [-0.2, 0) is 9.59 Å². The summed E-state index contributed by atoms with van der Waals surface area (Å²) in [5.41, 5.74) is 7.67. The van der Waals surface area contributed by atoms with Gasteiger partial charge in [-0.3, -0.25) is 10.2 Å². The van der Waals surface area contributed by atoms with Crippen LogP contribution in [0.15, 0.2) is 70.9 Å². The molecule has 0 spiro atoms. The van der Waals surface area contributed by atoms with Gasteiger partial charge in [-0.05, 0) is 67.8 Å². The van der Waals surface area contributed by atoms with Crippen LogP contribution in [0.1, 0.15) is 18.1 Å². The molecule has 3 aromatic carbocycles. The maximum atomic E-state index is 13.1. The zero-order valence-electron chi connectivity index (χ0n) is 19.4. The van der Waals surface area contributed by atoms with Crippen molar-refractivity contribution < 1.29 is 24.5 Å². The molecular weight excluding hydrogens is 448 g/mol. The Hall–Kier alpha value is -4.66. The third-order valence-electron chi connectivity index (χ3n) is 5.56. The summed E-state index contributed by atoms with van der Waals surface area (Å²) >= 11 is 0. The predicted molar refractivity (Wildman–Crippen MR) is 134 cm³/mol. The lowest BCUT2D eigenvalue weighted by Crippen LogP contribution is -2.28. The zero-order valence-corrected chi connectivity index (χ0v) is 19.4. The van der Waals surface area contributed by atoms with E-state index in [1.807, 2.05) is 32.0 Å². The molecule has 4 rings (SSSR count). The van der Waals surface area contributed by atoms with Crippen molar-refractivity contribution in [2.75, 3.05) is 17.0 Å². The number of ether oxygens (including phenoxy) is 1. The van der Waals surface area contributed by atoms with Crippen LogP contribution in [0.25, 0.3) is 11.1 Å². The molecule has 1 amide bonds. The van der Waals surface area contributed by atoms with Crippen LogP contribution in [0, 0.1) is 13.8 Å². The molecule has 3 N–H and O–H groups in total. The molecule has 1 aliphatic rings.